The van der Waals surface area contributed by atoms with Crippen molar-refractivity contribution in [1.82, 2.24) is 19.4 Å². The highest BCUT2D eigenvalue weighted by Crippen LogP contribution is 2.21. The van der Waals surface area contributed by atoms with Crippen molar-refractivity contribution in [3.63, 3.8) is 0 Å². The van der Waals surface area contributed by atoms with Crippen LogP contribution in [0.5, 0.6) is 0 Å². The van der Waals surface area contributed by atoms with E-state index in [-0.39, 0.29) is 5.91 Å². The maximum absolute atomic E-state index is 13.3. The minimum Gasteiger partial charge on any atom is -0.339 e. The van der Waals surface area contributed by atoms with E-state index in [1.54, 1.807) is 0 Å². The molecule has 2 heterocycles. The fourth-order valence-electron chi connectivity index (χ4n) is 4.50. The Labute approximate surface area is 188 Å². The zero-order valence-electron chi connectivity index (χ0n) is 19.6. The van der Waals surface area contributed by atoms with Crippen LogP contribution in [0.15, 0.2) is 24.8 Å². The van der Waals surface area contributed by atoms with Gasteiger partial charge in [-0.2, -0.15) is 0 Å². The van der Waals surface area contributed by atoms with E-state index in [2.05, 4.69) is 29.9 Å². The van der Waals surface area contributed by atoms with Crippen molar-refractivity contribution < 1.29 is 4.79 Å². The van der Waals surface area contributed by atoms with Crippen LogP contribution in [-0.2, 0) is 6.54 Å². The van der Waals surface area contributed by atoms with Gasteiger partial charge in [-0.3, -0.25) is 4.79 Å². The van der Waals surface area contributed by atoms with Crippen LogP contribution in [0.1, 0.15) is 81.4 Å². The number of fused-ring (bicyclic) bond motifs is 1. The topological polar surface area (TPSA) is 41.4 Å². The van der Waals surface area contributed by atoms with Gasteiger partial charge in [0.2, 0.25) is 0 Å². The van der Waals surface area contributed by atoms with E-state index in [1.165, 1.54) is 32.4 Å². The summed E-state index contributed by atoms with van der Waals surface area (Å²) in [5.41, 5.74) is 2.76. The first-order valence-electron chi connectivity index (χ1n) is 12.3. The number of hydrogen-bond acceptors (Lipinski definition) is 3. The summed E-state index contributed by atoms with van der Waals surface area (Å²) < 4.78 is 2.24. The summed E-state index contributed by atoms with van der Waals surface area (Å²) in [5.74, 6) is 1.04. The smallest absolute Gasteiger partial charge is 0.253 e. The molecule has 1 aliphatic rings. The number of amides is 1. The van der Waals surface area contributed by atoms with Gasteiger partial charge >= 0.3 is 0 Å². The first kappa shape index (κ1) is 23.5. The third kappa shape index (κ3) is 6.19. The first-order chi connectivity index (χ1) is 15.2. The highest BCUT2D eigenvalue weighted by atomic mass is 16.2. The summed E-state index contributed by atoms with van der Waals surface area (Å²) in [6.45, 7) is 14.5. The van der Waals surface area contributed by atoms with Crippen molar-refractivity contribution in [2.75, 3.05) is 32.7 Å². The maximum atomic E-state index is 13.3. The molecular weight excluding hydrogens is 384 g/mol. The number of aromatic nitrogens is 2. The lowest BCUT2D eigenvalue weighted by molar-refractivity contribution is 0.0751. The zero-order valence-corrected chi connectivity index (χ0v) is 19.6. The van der Waals surface area contributed by atoms with E-state index in [4.69, 9.17) is 4.98 Å². The number of nitrogens with zero attached hydrogens (tertiary/aromatic N) is 4. The predicted octanol–water partition coefficient (Wildman–Crippen LogP) is 5.60. The van der Waals surface area contributed by atoms with Crippen LogP contribution in [0.2, 0.25) is 0 Å². The van der Waals surface area contributed by atoms with Crippen molar-refractivity contribution in [3.8, 4) is 0 Å². The van der Waals surface area contributed by atoms with Crippen LogP contribution >= 0.6 is 0 Å². The number of piperidine rings is 1. The number of carbonyl (C=O) groups excluding carboxylic acids is 1. The molecule has 0 saturated carbocycles. The molecule has 0 atom stereocenters. The molecule has 3 rings (SSSR count). The van der Waals surface area contributed by atoms with Crippen molar-refractivity contribution in [2.24, 2.45) is 0 Å². The summed E-state index contributed by atoms with van der Waals surface area (Å²) in [6.07, 6.45) is 11.2. The number of carbonyl (C=O) groups is 1. The highest BCUT2D eigenvalue weighted by Gasteiger charge is 2.18. The quantitative estimate of drug-likeness (QED) is 0.445. The molecule has 0 unspecified atom stereocenters. The first-order valence-corrected chi connectivity index (χ1v) is 12.3. The lowest BCUT2D eigenvalue weighted by Crippen LogP contribution is -2.33. The van der Waals surface area contributed by atoms with E-state index < -0.39 is 0 Å². The monoisotopic (exact) mass is 424 g/mol. The normalized spacial score (nSPS) is 14.8. The van der Waals surface area contributed by atoms with Gasteiger partial charge in [0.15, 0.2) is 0 Å². The molecule has 0 spiro atoms. The fraction of sp³-hybridized carbons (Fsp3) is 0.615. The lowest BCUT2D eigenvalue weighted by atomic mass is 10.1. The van der Waals surface area contributed by atoms with Crippen molar-refractivity contribution >= 4 is 23.0 Å². The molecule has 0 aliphatic carbocycles. The Morgan fingerprint density at radius 2 is 1.77 bits per heavy atom. The molecular formula is C26H40N4O. The van der Waals surface area contributed by atoms with Crippen LogP contribution in [-0.4, -0.2) is 58.0 Å². The van der Waals surface area contributed by atoms with Gasteiger partial charge in [-0.25, -0.2) is 4.98 Å². The van der Waals surface area contributed by atoms with Gasteiger partial charge in [0, 0.05) is 25.2 Å². The van der Waals surface area contributed by atoms with Crippen LogP contribution in [0.4, 0.5) is 0 Å². The number of rotatable bonds is 12. The number of imidazole rings is 1. The van der Waals surface area contributed by atoms with Gasteiger partial charge in [-0.1, -0.05) is 39.7 Å². The summed E-state index contributed by atoms with van der Waals surface area (Å²) in [4.78, 5) is 22.6. The van der Waals surface area contributed by atoms with Crippen LogP contribution in [0.25, 0.3) is 17.1 Å². The number of aryl methyl sites for hydroxylation is 1. The second kappa shape index (κ2) is 12.0. The van der Waals surface area contributed by atoms with E-state index in [1.807, 2.05) is 29.2 Å². The van der Waals surface area contributed by atoms with Gasteiger partial charge in [-0.05, 0) is 76.0 Å². The molecule has 1 aliphatic heterocycles. The number of hydrogen-bond donors (Lipinski definition) is 0. The Morgan fingerprint density at radius 1 is 1.06 bits per heavy atom. The van der Waals surface area contributed by atoms with E-state index in [9.17, 15) is 4.79 Å². The van der Waals surface area contributed by atoms with Crippen LogP contribution in [0.3, 0.4) is 0 Å². The minimum absolute atomic E-state index is 0.144. The molecule has 2 aromatic rings. The minimum atomic E-state index is 0.144. The third-order valence-electron chi connectivity index (χ3n) is 6.36. The molecule has 1 fully saturated rings. The molecule has 0 N–H and O–H groups in total. The van der Waals surface area contributed by atoms with Crippen LogP contribution < -0.4 is 0 Å². The molecule has 1 aromatic heterocycles. The Balaban J connectivity index is 1.77. The SMILES string of the molecule is C=Cc1nc2ccc(C(=O)N(CCCC)CCCC)cc2n1CCCN1CCCCC1. The molecule has 31 heavy (non-hydrogen) atoms. The molecule has 1 saturated heterocycles. The van der Waals surface area contributed by atoms with Gasteiger partial charge < -0.3 is 14.4 Å². The standard InChI is InChI=1S/C26H40N4O/c1-4-7-18-29(19-8-5-2)26(31)22-13-14-23-24(21-22)30(25(6-3)27-23)20-12-17-28-15-10-9-11-16-28/h6,13-14,21H,3-5,7-12,15-20H2,1-2H3. The Hall–Kier alpha value is -2.14. The Morgan fingerprint density at radius 3 is 2.42 bits per heavy atom. The molecule has 5 nitrogen and oxygen atoms in total. The molecule has 5 heteroatoms. The van der Waals surface area contributed by atoms with Crippen molar-refractivity contribution in [3.05, 3.63) is 36.2 Å². The van der Waals surface area contributed by atoms with Gasteiger partial charge in [0.25, 0.3) is 5.91 Å². The number of benzene rings is 1. The van der Waals surface area contributed by atoms with Crippen molar-refractivity contribution in [1.29, 1.82) is 0 Å². The van der Waals surface area contributed by atoms with Crippen molar-refractivity contribution in [2.45, 2.75) is 71.8 Å². The van der Waals surface area contributed by atoms with E-state index in [0.717, 1.165) is 80.7 Å². The Bertz CT molecular complexity index is 842. The van der Waals surface area contributed by atoms with E-state index in [0.29, 0.717) is 0 Å². The largest absolute Gasteiger partial charge is 0.339 e. The lowest BCUT2D eigenvalue weighted by Gasteiger charge is -2.26. The molecule has 1 aromatic carbocycles. The average molecular weight is 425 g/mol. The summed E-state index contributed by atoms with van der Waals surface area (Å²) >= 11 is 0. The predicted molar refractivity (Wildman–Crippen MR) is 130 cm³/mol. The highest BCUT2D eigenvalue weighted by molar-refractivity contribution is 5.97. The van der Waals surface area contributed by atoms with E-state index >= 15 is 0 Å². The zero-order chi connectivity index (χ0) is 22.1. The number of likely N-dealkylation sites (tertiary alicyclic amines) is 1. The summed E-state index contributed by atoms with van der Waals surface area (Å²) in [5, 5.41) is 0. The second-order valence-electron chi connectivity index (χ2n) is 8.78. The third-order valence-corrected chi connectivity index (χ3v) is 6.36. The van der Waals surface area contributed by atoms with Gasteiger partial charge in [0.05, 0.1) is 11.0 Å². The summed E-state index contributed by atoms with van der Waals surface area (Å²) in [6, 6.07) is 5.98. The second-order valence-corrected chi connectivity index (χ2v) is 8.78. The Kier molecular flexibility index (Phi) is 9.13. The maximum Gasteiger partial charge on any atom is 0.253 e. The van der Waals surface area contributed by atoms with Gasteiger partial charge in [0.1, 0.15) is 5.82 Å². The molecule has 0 bridgehead atoms. The summed E-state index contributed by atoms with van der Waals surface area (Å²) in [7, 11) is 0. The molecule has 170 valence electrons. The van der Waals surface area contributed by atoms with Gasteiger partial charge in [-0.15, -0.1) is 0 Å². The fourth-order valence-corrected chi connectivity index (χ4v) is 4.50. The average Bonchev–Trinajstić information content (AvgIpc) is 3.16. The molecule has 0 radical (unpaired) electrons. The van der Waals surface area contributed by atoms with Crippen LogP contribution in [0, 0.1) is 0 Å². The molecule has 1 amide bonds. The number of unbranched alkanes of at least 4 members (excludes halogenated alkanes) is 2.